The lowest BCUT2D eigenvalue weighted by Crippen LogP contribution is -2.43. The number of nitrogens with one attached hydrogen (secondary N) is 3. The zero-order chi connectivity index (χ0) is 70.5. The number of nitrogens with two attached hydrogens (primary N) is 1. The first-order chi connectivity index (χ1) is 46.2. The Hall–Kier alpha value is -9.27. The number of hydrogen-bond acceptors (Lipinski definition) is 19. The summed E-state index contributed by atoms with van der Waals surface area (Å²) < 4.78 is 151. The van der Waals surface area contributed by atoms with Gasteiger partial charge in [0.15, 0.2) is 16.9 Å². The molecule has 1 amide bonds. The van der Waals surface area contributed by atoms with Crippen molar-refractivity contribution < 1.29 is 75.5 Å². The molecule has 0 saturated carbocycles. The van der Waals surface area contributed by atoms with Gasteiger partial charge in [-0.25, -0.2) is 14.8 Å². The van der Waals surface area contributed by atoms with Crippen molar-refractivity contribution in [2.24, 2.45) is 0 Å². The molecule has 9 N–H and O–H groups in total. The molecular weight excluding hydrogens is 1340 g/mol. The van der Waals surface area contributed by atoms with Crippen LogP contribution in [0.15, 0.2) is 183 Å². The number of carbonyl (C=O) groups excluding carboxylic acids is 2. The van der Waals surface area contributed by atoms with Crippen LogP contribution in [0.3, 0.4) is 0 Å². The van der Waals surface area contributed by atoms with E-state index in [-0.39, 0.29) is 78.0 Å². The molecule has 4 heterocycles. The molecule has 1 atom stereocenters. The zero-order valence-corrected chi connectivity index (χ0v) is 57.1. The van der Waals surface area contributed by atoms with Gasteiger partial charge in [-0.1, -0.05) is 62.4 Å². The van der Waals surface area contributed by atoms with Crippen LogP contribution >= 0.6 is 0 Å². The summed E-state index contributed by atoms with van der Waals surface area (Å²) in [5, 5.41) is 6.05. The second-order valence-electron chi connectivity index (χ2n) is 25.0. The molecule has 2 aliphatic heterocycles. The van der Waals surface area contributed by atoms with Crippen LogP contribution in [-0.4, -0.2) is 125 Å². The van der Waals surface area contributed by atoms with Crippen LogP contribution in [0, 0.1) is 0 Å². The van der Waals surface area contributed by atoms with E-state index in [1.807, 2.05) is 79.7 Å². The van der Waals surface area contributed by atoms with E-state index in [0.717, 1.165) is 16.7 Å². The molecule has 98 heavy (non-hydrogen) atoms. The van der Waals surface area contributed by atoms with Crippen molar-refractivity contribution in [3.8, 4) is 5.75 Å². The number of rotatable bonds is 27. The normalized spacial score (nSPS) is 16.6. The van der Waals surface area contributed by atoms with E-state index >= 15 is 0 Å². The number of fused-ring (bicyclic) bond motifs is 3. The van der Waals surface area contributed by atoms with Crippen molar-refractivity contribution in [3.05, 3.63) is 212 Å². The molecule has 0 radical (unpaired) electrons. The number of esters is 1. The maximum atomic E-state index is 14.1. The van der Waals surface area contributed by atoms with Crippen LogP contribution in [0.1, 0.15) is 111 Å². The Morgan fingerprint density at radius 1 is 0.745 bits per heavy atom. The van der Waals surface area contributed by atoms with Crippen molar-refractivity contribution in [2.45, 2.75) is 119 Å². The van der Waals surface area contributed by atoms with E-state index in [1.165, 1.54) is 30.5 Å². The fourth-order valence-corrected chi connectivity index (χ4v) is 14.4. The number of aromatic nitrogens is 4. The molecule has 0 saturated heterocycles. The van der Waals surface area contributed by atoms with E-state index in [4.69, 9.17) is 15.2 Å². The van der Waals surface area contributed by atoms with E-state index in [9.17, 15) is 66.3 Å². The van der Waals surface area contributed by atoms with E-state index in [1.54, 1.807) is 72.8 Å². The summed E-state index contributed by atoms with van der Waals surface area (Å²) in [5.41, 5.74) is 11.2. The Labute approximate surface area is 567 Å². The highest BCUT2D eigenvalue weighted by molar-refractivity contribution is 7.86. The second kappa shape index (κ2) is 29.0. The largest absolute Gasteiger partial charge is 0.459 e. The van der Waals surface area contributed by atoms with Crippen LogP contribution in [0.5, 0.6) is 5.75 Å². The number of anilines is 3. The molecule has 0 bridgehead atoms. The second-order valence-corrected chi connectivity index (χ2v) is 31.0. The SMILES string of the molecule is CC1(C)C(=CC=C2CCCC(C=CC3=[N+](CCCCS(=O)(=O)O)c4ccc(S(=O)(=O)O)cc4C3(C)C)=C2Oc2ccc(CC(NC(=O)c3ccc(NCc4cnc5nc(N)[nH]c(=O)c5n4)cc3)C(=O)OCc3ccccc3)cc2)N(CCCCS(=O)(=O)O)c2ccc(S(=O)(=O)O)cc21. The molecule has 0 fully saturated rings. The number of hydrogen-bond donors (Lipinski definition) is 8. The molecule has 516 valence electrons. The lowest BCUT2D eigenvalue weighted by molar-refractivity contribution is -0.438. The van der Waals surface area contributed by atoms with Crippen molar-refractivity contribution >= 4 is 92.2 Å². The van der Waals surface area contributed by atoms with E-state index in [2.05, 4.69) is 30.6 Å². The average molecular weight is 1420 g/mol. The molecule has 1 unspecified atom stereocenters. The lowest BCUT2D eigenvalue weighted by atomic mass is 9.81. The van der Waals surface area contributed by atoms with Gasteiger partial charge in [-0.15, -0.1) is 0 Å². The number of aromatic amines is 1. The predicted octanol–water partition coefficient (Wildman–Crippen LogP) is 8.88. The van der Waals surface area contributed by atoms with Gasteiger partial charge in [0.2, 0.25) is 11.6 Å². The molecule has 26 nitrogen and oxygen atoms in total. The van der Waals surface area contributed by atoms with Crippen molar-refractivity contribution in [1.82, 2.24) is 25.3 Å². The minimum Gasteiger partial charge on any atom is -0.459 e. The monoisotopic (exact) mass is 1420 g/mol. The summed E-state index contributed by atoms with van der Waals surface area (Å²) in [7, 11) is -17.8. The third-order valence-corrected chi connectivity index (χ3v) is 20.6. The molecule has 3 aliphatic rings. The number of carbonyl (C=O) groups is 2. The highest BCUT2D eigenvalue weighted by Gasteiger charge is 2.45. The summed E-state index contributed by atoms with van der Waals surface area (Å²) in [6, 6.07) is 29.8. The van der Waals surface area contributed by atoms with E-state index < -0.39 is 86.3 Å². The maximum Gasteiger partial charge on any atom is 0.329 e. The van der Waals surface area contributed by atoms with Crippen LogP contribution in [0.25, 0.3) is 11.2 Å². The van der Waals surface area contributed by atoms with Gasteiger partial charge in [-0.3, -0.25) is 32.8 Å². The van der Waals surface area contributed by atoms with E-state index in [0.29, 0.717) is 94.5 Å². The minimum absolute atomic E-state index is 0.0164. The first kappa shape index (κ1) is 71.5. The lowest BCUT2D eigenvalue weighted by Gasteiger charge is -2.27. The third-order valence-electron chi connectivity index (χ3n) is 17.3. The third kappa shape index (κ3) is 17.3. The molecular formula is C68H74N9O17S4+. The Kier molecular flexibility index (Phi) is 21.2. The summed E-state index contributed by atoms with van der Waals surface area (Å²) in [6.07, 6.45) is 11.4. The number of nitrogen functional groups attached to an aromatic ring is 1. The molecule has 0 spiro atoms. The van der Waals surface area contributed by atoms with Gasteiger partial charge in [0, 0.05) is 65.1 Å². The number of allylic oxidation sites excluding steroid dienone is 7. The number of amides is 1. The van der Waals surface area contributed by atoms with Crippen molar-refractivity contribution in [1.29, 1.82) is 0 Å². The fourth-order valence-electron chi connectivity index (χ4n) is 12.2. The van der Waals surface area contributed by atoms with Gasteiger partial charge < -0.3 is 30.7 Å². The Balaban J connectivity index is 0.980. The van der Waals surface area contributed by atoms with Gasteiger partial charge in [0.1, 0.15) is 30.7 Å². The first-order valence-corrected chi connectivity index (χ1v) is 37.3. The summed E-state index contributed by atoms with van der Waals surface area (Å²) in [5.74, 6) is -1.50. The summed E-state index contributed by atoms with van der Waals surface area (Å²) >= 11 is 0. The Morgan fingerprint density at radius 3 is 2.08 bits per heavy atom. The Bertz CT molecular complexity index is 4960. The number of nitrogens with zero attached hydrogens (tertiary/aromatic N) is 5. The number of benzene rings is 5. The van der Waals surface area contributed by atoms with Gasteiger partial charge in [0.25, 0.3) is 51.9 Å². The topological polar surface area (TPSA) is 398 Å². The standard InChI is InChI=1S/C68H73N9O17S4/c1-67(2)53-38-51(97(87,88)89)27-29-56(53)76(33-8-10-35-95(81,82)83)58(67)31-21-45-15-12-16-46(22-32-59-68(3,4)54-39-52(98(90,91)92)28-30-57(54)77(59)34-9-11-36-96(84,85)86)61(45)94-50-25-17-43(18-26-50)37-55(65(80)93-42-44-13-6-5-7-14-44)73-63(78)47-19-23-48(24-20-47)70-40-49-41-71-62-60(72-49)64(79)75-66(69)74-62/h5-7,13-14,17-32,38-39,41,55H,8-12,15-16,33-37,40,42H2,1-4H3,(H8-,69,70,71,73,74,75,78,79,81,82,83,84,85,86,87,88,89,90,91,92)/p+1. The maximum absolute atomic E-state index is 14.1. The Morgan fingerprint density at radius 2 is 1.41 bits per heavy atom. The minimum atomic E-state index is -4.63. The van der Waals surface area contributed by atoms with Gasteiger partial charge in [-0.2, -0.15) is 43.2 Å². The average Bonchev–Trinajstić information content (AvgIpc) is 1.59. The van der Waals surface area contributed by atoms with Crippen LogP contribution < -0.4 is 31.6 Å². The molecule has 7 aromatic rings. The quantitative estimate of drug-likeness (QED) is 0.0103. The number of unbranched alkanes of at least 4 members (excludes halogenated alkanes) is 2. The fraction of sp³-hybridized carbons (Fsp3) is 0.309. The molecule has 2 aromatic heterocycles. The van der Waals surface area contributed by atoms with Crippen molar-refractivity contribution in [2.75, 3.05) is 40.5 Å². The van der Waals surface area contributed by atoms with Crippen LogP contribution in [-0.2, 0) is 80.4 Å². The molecule has 1 aliphatic carbocycles. The smallest absolute Gasteiger partial charge is 0.329 e. The van der Waals surface area contributed by atoms with Crippen LogP contribution in [0.2, 0.25) is 0 Å². The summed E-state index contributed by atoms with van der Waals surface area (Å²) in [6.45, 7) is 8.18. The van der Waals surface area contributed by atoms with Gasteiger partial charge in [0.05, 0.1) is 45.1 Å². The number of ether oxygens (including phenoxy) is 2. The number of H-pyrrole nitrogens is 1. The molecule has 30 heteroatoms. The van der Waals surface area contributed by atoms with Crippen molar-refractivity contribution in [3.63, 3.8) is 0 Å². The molecule has 5 aromatic carbocycles. The predicted molar refractivity (Wildman–Crippen MR) is 368 cm³/mol. The van der Waals surface area contributed by atoms with Gasteiger partial charge in [-0.05, 0) is 159 Å². The zero-order valence-electron chi connectivity index (χ0n) is 53.9. The highest BCUT2D eigenvalue weighted by atomic mass is 32.2. The highest BCUT2D eigenvalue weighted by Crippen LogP contribution is 2.49. The first-order valence-electron chi connectivity index (χ1n) is 31.3. The van der Waals surface area contributed by atoms with Crippen LogP contribution in [0.4, 0.5) is 23.0 Å². The summed E-state index contributed by atoms with van der Waals surface area (Å²) in [4.78, 5) is 56.8. The van der Waals surface area contributed by atoms with Gasteiger partial charge >= 0.3 is 5.97 Å². The molecule has 10 rings (SSSR count).